The van der Waals surface area contributed by atoms with E-state index in [1.54, 1.807) is 4.90 Å². The van der Waals surface area contributed by atoms with Gasteiger partial charge in [-0.25, -0.2) is 22.0 Å². The fourth-order valence-corrected chi connectivity index (χ4v) is 4.02. The van der Waals surface area contributed by atoms with Gasteiger partial charge < -0.3 is 10.2 Å². The molecule has 0 radical (unpaired) electrons. The first-order valence-electron chi connectivity index (χ1n) is 7.84. The number of hydrogen-bond acceptors (Lipinski definition) is 3. The largest absolute Gasteiger partial charge is 0.338 e. The Bertz CT molecular complexity index is 697. The van der Waals surface area contributed by atoms with Crippen LogP contribution in [0.1, 0.15) is 19.8 Å². The molecule has 1 aliphatic heterocycles. The summed E-state index contributed by atoms with van der Waals surface area (Å²) in [6, 6.07) is 2.16. The minimum Gasteiger partial charge on any atom is -0.338 e. The summed E-state index contributed by atoms with van der Waals surface area (Å²) in [5, 5.41) is 2.75. The maximum Gasteiger partial charge on any atom is 0.317 e. The Balaban J connectivity index is 2.11. The molecule has 0 bridgehead atoms. The van der Waals surface area contributed by atoms with Gasteiger partial charge in [-0.15, -0.1) is 0 Å². The number of nitrogens with one attached hydrogen (secondary N) is 1. The van der Waals surface area contributed by atoms with E-state index in [4.69, 9.17) is 0 Å². The molecule has 0 atom stereocenters. The molecule has 0 aromatic heterocycles. The molecule has 2 rings (SSSR count). The van der Waals surface area contributed by atoms with Crippen LogP contribution >= 0.6 is 0 Å². The number of nitrogens with zero attached hydrogens (tertiary/aromatic N) is 2. The van der Waals surface area contributed by atoms with E-state index in [1.807, 2.05) is 6.92 Å². The van der Waals surface area contributed by atoms with Gasteiger partial charge in [0.1, 0.15) is 16.5 Å². The third-order valence-corrected chi connectivity index (χ3v) is 5.71. The minimum atomic E-state index is -4.07. The highest BCUT2D eigenvalue weighted by Gasteiger charge is 2.30. The van der Waals surface area contributed by atoms with E-state index in [-0.39, 0.29) is 25.7 Å². The number of hydrogen-bond donors (Lipinski definition) is 1. The van der Waals surface area contributed by atoms with Gasteiger partial charge in [0.05, 0.1) is 0 Å². The zero-order valence-corrected chi connectivity index (χ0v) is 14.3. The van der Waals surface area contributed by atoms with Gasteiger partial charge in [-0.05, 0) is 25.0 Å². The number of benzene rings is 1. The maximum atomic E-state index is 13.8. The van der Waals surface area contributed by atoms with E-state index in [0.29, 0.717) is 25.6 Å². The van der Waals surface area contributed by atoms with E-state index in [2.05, 4.69) is 5.32 Å². The van der Waals surface area contributed by atoms with Crippen LogP contribution in [-0.4, -0.2) is 56.4 Å². The van der Waals surface area contributed by atoms with Crippen LogP contribution in [-0.2, 0) is 10.0 Å². The van der Waals surface area contributed by atoms with E-state index in [9.17, 15) is 22.0 Å². The third-order valence-electron chi connectivity index (χ3n) is 3.78. The highest BCUT2D eigenvalue weighted by atomic mass is 32.2. The summed E-state index contributed by atoms with van der Waals surface area (Å²) in [6.45, 7) is 3.38. The van der Waals surface area contributed by atoms with Gasteiger partial charge in [0.2, 0.25) is 10.0 Å². The first-order valence-corrected chi connectivity index (χ1v) is 9.28. The topological polar surface area (TPSA) is 69.7 Å². The molecule has 24 heavy (non-hydrogen) atoms. The fourth-order valence-electron chi connectivity index (χ4n) is 2.50. The van der Waals surface area contributed by atoms with Crippen LogP contribution in [0.4, 0.5) is 13.6 Å². The van der Waals surface area contributed by atoms with Crippen LogP contribution in [0.2, 0.25) is 0 Å². The Labute approximate surface area is 140 Å². The van der Waals surface area contributed by atoms with E-state index in [0.717, 1.165) is 22.9 Å². The number of halogens is 2. The number of rotatable bonds is 4. The standard InChI is InChI=1S/C15H21F2N3O3S/c1-2-6-18-15(21)19-7-3-8-20(10-9-19)24(22,23)14-5-4-12(16)11-13(14)17/h4-5,11H,2-3,6-10H2,1H3,(H,18,21). The Hall–Kier alpha value is -1.74. The molecule has 9 heteroatoms. The zero-order chi connectivity index (χ0) is 17.7. The van der Waals surface area contributed by atoms with Gasteiger partial charge in [0, 0.05) is 38.8 Å². The quantitative estimate of drug-likeness (QED) is 0.889. The Kier molecular flexibility index (Phi) is 6.11. The molecule has 0 saturated carbocycles. The monoisotopic (exact) mass is 361 g/mol. The summed E-state index contributed by atoms with van der Waals surface area (Å²) in [5.41, 5.74) is 0. The van der Waals surface area contributed by atoms with Crippen LogP contribution < -0.4 is 5.32 Å². The van der Waals surface area contributed by atoms with Crippen molar-refractivity contribution in [2.24, 2.45) is 0 Å². The first-order chi connectivity index (χ1) is 11.4. The van der Waals surface area contributed by atoms with Gasteiger partial charge in [-0.2, -0.15) is 4.31 Å². The van der Waals surface area contributed by atoms with Gasteiger partial charge in [0.15, 0.2) is 0 Å². The Morgan fingerprint density at radius 3 is 2.62 bits per heavy atom. The molecule has 1 heterocycles. The maximum absolute atomic E-state index is 13.8. The van der Waals surface area contributed by atoms with Crippen molar-refractivity contribution >= 4 is 16.1 Å². The van der Waals surface area contributed by atoms with Gasteiger partial charge in [-0.1, -0.05) is 6.92 Å². The zero-order valence-electron chi connectivity index (χ0n) is 13.5. The normalized spacial score (nSPS) is 16.7. The van der Waals surface area contributed by atoms with Crippen molar-refractivity contribution in [3.63, 3.8) is 0 Å². The Morgan fingerprint density at radius 1 is 1.21 bits per heavy atom. The Morgan fingerprint density at radius 2 is 1.96 bits per heavy atom. The fraction of sp³-hybridized carbons (Fsp3) is 0.533. The molecular formula is C15H21F2N3O3S. The smallest absolute Gasteiger partial charge is 0.317 e. The van der Waals surface area contributed by atoms with Crippen LogP contribution in [0, 0.1) is 11.6 Å². The predicted octanol–water partition coefficient (Wildman–Crippen LogP) is 1.78. The lowest BCUT2D eigenvalue weighted by atomic mass is 10.3. The van der Waals surface area contributed by atoms with E-state index < -0.39 is 26.6 Å². The highest BCUT2D eigenvalue weighted by Crippen LogP contribution is 2.21. The lowest BCUT2D eigenvalue weighted by molar-refractivity contribution is 0.200. The summed E-state index contributed by atoms with van der Waals surface area (Å²) in [5.74, 6) is -1.95. The van der Waals surface area contributed by atoms with Crippen molar-refractivity contribution in [2.45, 2.75) is 24.7 Å². The second-order valence-electron chi connectivity index (χ2n) is 5.55. The summed E-state index contributed by atoms with van der Waals surface area (Å²) in [7, 11) is -4.07. The van der Waals surface area contributed by atoms with Gasteiger partial charge in [-0.3, -0.25) is 0 Å². The van der Waals surface area contributed by atoms with Crippen molar-refractivity contribution < 1.29 is 22.0 Å². The summed E-state index contributed by atoms with van der Waals surface area (Å²) in [6.07, 6.45) is 1.26. The number of carbonyl (C=O) groups excluding carboxylic acids is 1. The molecule has 0 aliphatic carbocycles. The number of carbonyl (C=O) groups is 1. The van der Waals surface area contributed by atoms with E-state index in [1.165, 1.54) is 0 Å². The molecule has 1 aromatic rings. The van der Waals surface area contributed by atoms with Crippen LogP contribution in [0.15, 0.2) is 23.1 Å². The average molecular weight is 361 g/mol. The summed E-state index contributed by atoms with van der Waals surface area (Å²) in [4.78, 5) is 13.0. The minimum absolute atomic E-state index is 0.0681. The number of sulfonamides is 1. The predicted molar refractivity (Wildman–Crippen MR) is 85.0 cm³/mol. The van der Waals surface area contributed by atoms with Crippen molar-refractivity contribution in [2.75, 3.05) is 32.7 Å². The molecule has 6 nitrogen and oxygen atoms in total. The summed E-state index contributed by atoms with van der Waals surface area (Å²) < 4.78 is 53.1. The van der Waals surface area contributed by atoms with Crippen molar-refractivity contribution in [3.05, 3.63) is 29.8 Å². The molecule has 2 amide bonds. The van der Waals surface area contributed by atoms with Crippen molar-refractivity contribution in [1.29, 1.82) is 0 Å². The molecular weight excluding hydrogens is 340 g/mol. The van der Waals surface area contributed by atoms with Crippen LogP contribution in [0.25, 0.3) is 0 Å². The molecule has 134 valence electrons. The SMILES string of the molecule is CCCNC(=O)N1CCCN(S(=O)(=O)c2ccc(F)cc2F)CC1. The van der Waals surface area contributed by atoms with Gasteiger partial charge in [0.25, 0.3) is 0 Å². The van der Waals surface area contributed by atoms with Crippen molar-refractivity contribution in [3.8, 4) is 0 Å². The van der Waals surface area contributed by atoms with Crippen LogP contribution in [0.3, 0.4) is 0 Å². The van der Waals surface area contributed by atoms with Crippen molar-refractivity contribution in [1.82, 2.24) is 14.5 Å². The van der Waals surface area contributed by atoms with Crippen LogP contribution in [0.5, 0.6) is 0 Å². The molecule has 1 aliphatic rings. The van der Waals surface area contributed by atoms with E-state index >= 15 is 0 Å². The third kappa shape index (κ3) is 4.21. The first kappa shape index (κ1) is 18.6. The number of urea groups is 1. The second-order valence-corrected chi connectivity index (χ2v) is 7.46. The molecule has 1 N–H and O–H groups in total. The lowest BCUT2D eigenvalue weighted by Gasteiger charge is -2.22. The number of amides is 2. The second kappa shape index (κ2) is 7.89. The molecule has 0 spiro atoms. The highest BCUT2D eigenvalue weighted by molar-refractivity contribution is 7.89. The van der Waals surface area contributed by atoms with Gasteiger partial charge >= 0.3 is 6.03 Å². The molecule has 0 unspecified atom stereocenters. The average Bonchev–Trinajstić information content (AvgIpc) is 2.78. The molecule has 1 fully saturated rings. The lowest BCUT2D eigenvalue weighted by Crippen LogP contribution is -2.42. The molecule has 1 saturated heterocycles. The molecule has 1 aromatic carbocycles. The summed E-state index contributed by atoms with van der Waals surface area (Å²) >= 11 is 0.